The monoisotopic (exact) mass is 342 g/mol. The van der Waals surface area contributed by atoms with Crippen LogP contribution in [0.15, 0.2) is 16.7 Å². The van der Waals surface area contributed by atoms with Crippen molar-refractivity contribution in [1.29, 1.82) is 0 Å². The Balaban J connectivity index is 1.85. The van der Waals surface area contributed by atoms with E-state index in [0.29, 0.717) is 18.3 Å². The molecule has 1 aromatic heterocycles. The summed E-state index contributed by atoms with van der Waals surface area (Å²) in [6, 6.07) is 2.13. The average Bonchev–Trinajstić information content (AvgIpc) is 2.82. The van der Waals surface area contributed by atoms with Gasteiger partial charge >= 0.3 is 0 Å². The van der Waals surface area contributed by atoms with E-state index in [9.17, 15) is 4.79 Å². The molecule has 1 saturated heterocycles. The molecule has 2 heterocycles. The van der Waals surface area contributed by atoms with E-state index in [1.54, 1.807) is 0 Å². The molecule has 5 heteroatoms. The zero-order valence-electron chi connectivity index (χ0n) is 12.2. The molecule has 1 amide bonds. The average molecular weight is 343 g/mol. The molecule has 0 radical (unpaired) electrons. The molecule has 1 fully saturated rings. The summed E-state index contributed by atoms with van der Waals surface area (Å²) in [5, 5.41) is 2.99. The third-order valence-electron chi connectivity index (χ3n) is 3.63. The first-order chi connectivity index (χ1) is 9.58. The van der Waals surface area contributed by atoms with Gasteiger partial charge in [-0.25, -0.2) is 0 Å². The lowest BCUT2D eigenvalue weighted by molar-refractivity contribution is 0.0117. The van der Waals surface area contributed by atoms with Gasteiger partial charge in [0.15, 0.2) is 0 Å². The van der Waals surface area contributed by atoms with Crippen molar-refractivity contribution in [2.24, 2.45) is 0 Å². The molecule has 0 aromatic carbocycles. The number of rotatable bonds is 5. The smallest absolute Gasteiger partial charge is 0.267 e. The van der Waals surface area contributed by atoms with Crippen molar-refractivity contribution in [3.8, 4) is 0 Å². The first kappa shape index (κ1) is 15.6. The summed E-state index contributed by atoms with van der Waals surface area (Å²) in [5.74, 6) is -0.0137. The molecule has 0 saturated carbocycles. The molecule has 4 nitrogen and oxygen atoms in total. The molecule has 0 spiro atoms. The Bertz CT molecular complexity index is 451. The molecule has 1 N–H and O–H groups in total. The van der Waals surface area contributed by atoms with Gasteiger partial charge in [-0.1, -0.05) is 0 Å². The zero-order chi connectivity index (χ0) is 14.5. The lowest BCUT2D eigenvalue weighted by Gasteiger charge is -2.22. The van der Waals surface area contributed by atoms with Gasteiger partial charge in [-0.15, -0.1) is 0 Å². The molecule has 0 aliphatic carbocycles. The molecule has 112 valence electrons. The largest absolute Gasteiger partial charge is 0.378 e. The third-order valence-corrected chi connectivity index (χ3v) is 4.06. The number of halogens is 1. The second-order valence-electron chi connectivity index (χ2n) is 5.58. The third kappa shape index (κ3) is 4.09. The number of amides is 1. The summed E-state index contributed by atoms with van der Waals surface area (Å²) >= 11 is 3.43. The van der Waals surface area contributed by atoms with Crippen LogP contribution in [-0.4, -0.2) is 29.7 Å². The lowest BCUT2D eigenvalue weighted by Crippen LogP contribution is -2.30. The Morgan fingerprint density at radius 2 is 2.35 bits per heavy atom. The number of hydrogen-bond acceptors (Lipinski definition) is 2. The van der Waals surface area contributed by atoms with Crippen LogP contribution in [0, 0.1) is 0 Å². The summed E-state index contributed by atoms with van der Waals surface area (Å²) < 4.78 is 8.59. The van der Waals surface area contributed by atoms with Crippen molar-refractivity contribution in [3.63, 3.8) is 0 Å². The molecule has 1 atom stereocenters. The second kappa shape index (κ2) is 7.27. The number of aromatic nitrogens is 1. The predicted molar refractivity (Wildman–Crippen MR) is 83.1 cm³/mol. The van der Waals surface area contributed by atoms with Gasteiger partial charge < -0.3 is 14.6 Å². The minimum absolute atomic E-state index is 0.0137. The first-order valence-electron chi connectivity index (χ1n) is 7.35. The maximum absolute atomic E-state index is 12.2. The van der Waals surface area contributed by atoms with Crippen molar-refractivity contribution in [1.82, 2.24) is 9.88 Å². The summed E-state index contributed by atoms with van der Waals surface area (Å²) in [4.78, 5) is 12.2. The van der Waals surface area contributed by atoms with Gasteiger partial charge in [-0.05, 0) is 61.5 Å². The summed E-state index contributed by atoms with van der Waals surface area (Å²) in [7, 11) is 0. The Kier molecular flexibility index (Phi) is 5.66. The van der Waals surface area contributed by atoms with Gasteiger partial charge in [0.1, 0.15) is 5.69 Å². The van der Waals surface area contributed by atoms with E-state index in [1.165, 1.54) is 12.8 Å². The highest BCUT2D eigenvalue weighted by Crippen LogP contribution is 2.19. The highest BCUT2D eigenvalue weighted by Gasteiger charge is 2.17. The predicted octanol–water partition coefficient (Wildman–Crippen LogP) is 3.52. The Morgan fingerprint density at radius 3 is 3.00 bits per heavy atom. The molecule has 0 bridgehead atoms. The van der Waals surface area contributed by atoms with E-state index in [-0.39, 0.29) is 11.9 Å². The molecule has 1 unspecified atom stereocenters. The van der Waals surface area contributed by atoms with Crippen LogP contribution < -0.4 is 5.32 Å². The molecule has 1 aliphatic heterocycles. The van der Waals surface area contributed by atoms with Crippen LogP contribution in [0.4, 0.5) is 0 Å². The van der Waals surface area contributed by atoms with Crippen LogP contribution >= 0.6 is 15.9 Å². The standard InChI is InChI=1S/C15H23BrN2O2/c1-11(2)18-10-12(16)9-14(18)15(19)17-7-6-13-5-3-4-8-20-13/h9-11,13H,3-8H2,1-2H3,(H,17,19). The number of ether oxygens (including phenoxy) is 1. The molecule has 2 rings (SSSR count). The van der Waals surface area contributed by atoms with Gasteiger partial charge in [-0.3, -0.25) is 4.79 Å². The summed E-state index contributed by atoms with van der Waals surface area (Å²) in [6.07, 6.45) is 6.68. The normalized spacial score (nSPS) is 19.3. The van der Waals surface area contributed by atoms with Gasteiger partial charge in [0, 0.05) is 29.9 Å². The van der Waals surface area contributed by atoms with Crippen molar-refractivity contribution >= 4 is 21.8 Å². The number of nitrogens with zero attached hydrogens (tertiary/aromatic N) is 1. The minimum atomic E-state index is -0.0137. The molecule has 1 aliphatic rings. The zero-order valence-corrected chi connectivity index (χ0v) is 13.8. The topological polar surface area (TPSA) is 43.3 Å². The van der Waals surface area contributed by atoms with E-state index in [4.69, 9.17) is 4.74 Å². The van der Waals surface area contributed by atoms with Crippen LogP contribution in [0.2, 0.25) is 0 Å². The Labute approximate surface area is 129 Å². The SMILES string of the molecule is CC(C)n1cc(Br)cc1C(=O)NCCC1CCCCO1. The van der Waals surface area contributed by atoms with E-state index in [2.05, 4.69) is 35.1 Å². The summed E-state index contributed by atoms with van der Waals surface area (Å²) in [6.45, 7) is 5.67. The fraction of sp³-hybridized carbons (Fsp3) is 0.667. The van der Waals surface area contributed by atoms with Crippen LogP contribution in [0.25, 0.3) is 0 Å². The van der Waals surface area contributed by atoms with Gasteiger partial charge in [-0.2, -0.15) is 0 Å². The minimum Gasteiger partial charge on any atom is -0.378 e. The lowest BCUT2D eigenvalue weighted by atomic mass is 10.1. The van der Waals surface area contributed by atoms with E-state index in [0.717, 1.165) is 23.9 Å². The van der Waals surface area contributed by atoms with Crippen molar-refractivity contribution < 1.29 is 9.53 Å². The number of carbonyl (C=O) groups excluding carboxylic acids is 1. The van der Waals surface area contributed by atoms with Crippen molar-refractivity contribution in [3.05, 3.63) is 22.4 Å². The molecular formula is C15H23BrN2O2. The quantitative estimate of drug-likeness (QED) is 0.889. The molecule has 20 heavy (non-hydrogen) atoms. The number of nitrogens with one attached hydrogen (secondary N) is 1. The Hall–Kier alpha value is -0.810. The van der Waals surface area contributed by atoms with Gasteiger partial charge in [0.2, 0.25) is 0 Å². The van der Waals surface area contributed by atoms with Crippen LogP contribution in [0.1, 0.15) is 56.1 Å². The van der Waals surface area contributed by atoms with Crippen molar-refractivity contribution in [2.75, 3.05) is 13.2 Å². The molecule has 1 aromatic rings. The van der Waals surface area contributed by atoms with E-state index in [1.807, 2.05) is 16.8 Å². The van der Waals surface area contributed by atoms with Gasteiger partial charge in [0.05, 0.1) is 6.10 Å². The number of hydrogen-bond donors (Lipinski definition) is 1. The fourth-order valence-electron chi connectivity index (χ4n) is 2.53. The second-order valence-corrected chi connectivity index (χ2v) is 6.49. The van der Waals surface area contributed by atoms with E-state index >= 15 is 0 Å². The highest BCUT2D eigenvalue weighted by molar-refractivity contribution is 9.10. The number of carbonyl (C=O) groups is 1. The highest BCUT2D eigenvalue weighted by atomic mass is 79.9. The fourth-order valence-corrected chi connectivity index (χ4v) is 2.96. The maximum atomic E-state index is 12.2. The molecular weight excluding hydrogens is 320 g/mol. The maximum Gasteiger partial charge on any atom is 0.267 e. The Morgan fingerprint density at radius 1 is 1.55 bits per heavy atom. The van der Waals surface area contributed by atoms with Crippen LogP contribution in [-0.2, 0) is 4.74 Å². The van der Waals surface area contributed by atoms with E-state index < -0.39 is 0 Å². The van der Waals surface area contributed by atoms with Gasteiger partial charge in [0.25, 0.3) is 5.91 Å². The first-order valence-corrected chi connectivity index (χ1v) is 8.14. The summed E-state index contributed by atoms with van der Waals surface area (Å²) in [5.41, 5.74) is 0.705. The van der Waals surface area contributed by atoms with Crippen molar-refractivity contribution in [2.45, 2.75) is 51.7 Å². The van der Waals surface area contributed by atoms with Crippen LogP contribution in [0.5, 0.6) is 0 Å². The van der Waals surface area contributed by atoms with Crippen LogP contribution in [0.3, 0.4) is 0 Å².